The number of anilines is 1. The Kier molecular flexibility index (Phi) is 8.26. The van der Waals surface area contributed by atoms with Crippen molar-refractivity contribution in [2.75, 3.05) is 51.8 Å². The first kappa shape index (κ1) is 37.4. The zero-order valence-electron chi connectivity index (χ0n) is 34.2. The van der Waals surface area contributed by atoms with E-state index in [-0.39, 0.29) is 17.7 Å². The molecule has 0 amide bonds. The van der Waals surface area contributed by atoms with Gasteiger partial charge in [-0.05, 0) is 81.2 Å². The number of ketones is 1. The fraction of sp³-hybridized carbons (Fsp3) is 0.630. The number of nitrogens with one attached hydrogen (secondary N) is 1. The Hall–Kier alpha value is -3.21. The highest BCUT2D eigenvalue weighted by Crippen LogP contribution is 2.68. The number of para-hydroxylation sites is 1. The second kappa shape index (κ2) is 12.2. The third-order valence-electron chi connectivity index (χ3n) is 15.7. The summed E-state index contributed by atoms with van der Waals surface area (Å²) in [6, 6.07) is 12.4. The van der Waals surface area contributed by atoms with Gasteiger partial charge in [0.25, 0.3) is 0 Å². The first-order valence-electron chi connectivity index (χ1n) is 20.9. The number of piperidine rings is 1. The fourth-order valence-electron chi connectivity index (χ4n) is 13.5. The lowest BCUT2D eigenvalue weighted by Crippen LogP contribution is -2.81. The Bertz CT molecular complexity index is 2090. The first-order valence-corrected chi connectivity index (χ1v) is 20.9. The molecule has 9 heteroatoms. The highest BCUT2D eigenvalue weighted by molar-refractivity contribution is 5.95. The number of hydrogen-bond acceptors (Lipinski definition) is 8. The van der Waals surface area contributed by atoms with Gasteiger partial charge in [0.1, 0.15) is 11.9 Å². The third-order valence-corrected chi connectivity index (χ3v) is 15.7. The summed E-state index contributed by atoms with van der Waals surface area (Å²) in [4.78, 5) is 25.9. The molecule has 2 aromatic carbocycles. The molecule has 3 fully saturated rings. The Morgan fingerprint density at radius 2 is 1.80 bits per heavy atom. The van der Waals surface area contributed by atoms with Gasteiger partial charge >= 0.3 is 0 Å². The number of carbonyl (C=O) groups excluding carboxylic acids is 1. The number of aromatic amines is 1. The molecule has 2 saturated heterocycles. The number of rotatable bonds is 5. The van der Waals surface area contributed by atoms with Gasteiger partial charge in [-0.25, -0.2) is 0 Å². The van der Waals surface area contributed by atoms with E-state index in [2.05, 4.69) is 89.0 Å². The molecule has 10 atom stereocenters. The van der Waals surface area contributed by atoms with Crippen LogP contribution in [0.5, 0.6) is 5.75 Å². The van der Waals surface area contributed by atoms with Crippen LogP contribution >= 0.6 is 0 Å². The Balaban J connectivity index is 1.32. The predicted molar refractivity (Wildman–Crippen MR) is 217 cm³/mol. The molecule has 1 spiro atoms. The van der Waals surface area contributed by atoms with Crippen LogP contribution in [0.2, 0.25) is 0 Å². The molecule has 5 aliphatic heterocycles. The van der Waals surface area contributed by atoms with Crippen LogP contribution in [-0.2, 0) is 22.0 Å². The summed E-state index contributed by atoms with van der Waals surface area (Å²) in [7, 11) is 3.76. The lowest BCUT2D eigenvalue weighted by molar-refractivity contribution is -0.207. The number of likely N-dealkylation sites (N-methyl/N-ethyl adjacent to an activating group) is 1. The molecule has 0 radical (unpaired) electrons. The molecule has 4 N–H and O–H groups in total. The molecule has 55 heavy (non-hydrogen) atoms. The van der Waals surface area contributed by atoms with Gasteiger partial charge in [-0.1, -0.05) is 65.0 Å². The molecule has 6 heterocycles. The molecular formula is C46H62N4O5. The SMILES string of the molecule is CCC1(O)CC2CN(CCc3c([nH]c4ccccc34)[C@](C)(c3cc4c(cc3OC)N(C)[C@@H]3[C@](O)(C(=O)C(C)(C)C)[C@@H](O)[C@@]5(CC)C=CCN6CC[C@@]43[C@H]65)C2)C1. The van der Waals surface area contributed by atoms with Crippen LogP contribution in [0.15, 0.2) is 48.6 Å². The van der Waals surface area contributed by atoms with E-state index in [0.29, 0.717) is 13.0 Å². The maximum atomic E-state index is 14.9. The van der Waals surface area contributed by atoms with E-state index in [0.717, 1.165) is 86.4 Å². The number of H-pyrrole nitrogens is 1. The number of methoxy groups -OCH3 is 1. The summed E-state index contributed by atoms with van der Waals surface area (Å²) in [6.07, 6.45) is 7.50. The minimum atomic E-state index is -2.04. The van der Waals surface area contributed by atoms with Gasteiger partial charge in [-0.15, -0.1) is 0 Å². The molecule has 6 aliphatic rings. The molecule has 3 aromatic rings. The van der Waals surface area contributed by atoms with E-state index in [1.807, 2.05) is 27.8 Å². The van der Waals surface area contributed by atoms with Crippen molar-refractivity contribution in [1.29, 1.82) is 0 Å². The van der Waals surface area contributed by atoms with Crippen LogP contribution in [0.4, 0.5) is 5.69 Å². The van der Waals surface area contributed by atoms with Crippen LogP contribution in [0.25, 0.3) is 10.9 Å². The number of ether oxygens (including phenoxy) is 1. The van der Waals surface area contributed by atoms with Crippen LogP contribution in [0.3, 0.4) is 0 Å². The number of hydrogen-bond donors (Lipinski definition) is 4. The summed E-state index contributed by atoms with van der Waals surface area (Å²) in [5.74, 6) is 0.700. The summed E-state index contributed by atoms with van der Waals surface area (Å²) < 4.78 is 6.45. The van der Waals surface area contributed by atoms with Gasteiger partial charge in [0, 0.05) is 94.8 Å². The second-order valence-electron chi connectivity index (χ2n) is 19.6. The summed E-state index contributed by atoms with van der Waals surface area (Å²) >= 11 is 0. The molecule has 9 rings (SSSR count). The first-order chi connectivity index (χ1) is 26.0. The zero-order valence-corrected chi connectivity index (χ0v) is 34.2. The van der Waals surface area contributed by atoms with Gasteiger partial charge in [0.2, 0.25) is 0 Å². The predicted octanol–water partition coefficient (Wildman–Crippen LogP) is 5.71. The van der Waals surface area contributed by atoms with Gasteiger partial charge in [0.05, 0.1) is 18.8 Å². The van der Waals surface area contributed by atoms with Crippen molar-refractivity contribution in [3.63, 3.8) is 0 Å². The molecule has 3 unspecified atom stereocenters. The Morgan fingerprint density at radius 3 is 2.51 bits per heavy atom. The number of nitrogens with zero attached hydrogens (tertiary/aromatic N) is 3. The van der Waals surface area contributed by atoms with Crippen molar-refractivity contribution in [3.8, 4) is 5.75 Å². The number of aliphatic hydroxyl groups is 3. The molecule has 9 nitrogen and oxygen atoms in total. The van der Waals surface area contributed by atoms with Gasteiger partial charge in [0.15, 0.2) is 11.4 Å². The maximum absolute atomic E-state index is 14.9. The Morgan fingerprint density at radius 1 is 1.04 bits per heavy atom. The normalized spacial score (nSPS) is 39.5. The number of aliphatic hydroxyl groups excluding tert-OH is 1. The number of fused-ring (bicyclic) bond motifs is 6. The fourth-order valence-corrected chi connectivity index (χ4v) is 13.5. The topological polar surface area (TPSA) is 112 Å². The van der Waals surface area contributed by atoms with Crippen LogP contribution in [0, 0.1) is 16.7 Å². The molecule has 2 bridgehead atoms. The molecule has 296 valence electrons. The van der Waals surface area contributed by atoms with Crippen LogP contribution in [0.1, 0.15) is 96.0 Å². The van der Waals surface area contributed by atoms with E-state index in [1.54, 1.807) is 7.11 Å². The van der Waals surface area contributed by atoms with Crippen LogP contribution < -0.4 is 9.64 Å². The molecule has 1 aromatic heterocycles. The summed E-state index contributed by atoms with van der Waals surface area (Å²) in [5.41, 5.74) is 1.16. The molecule has 1 aliphatic carbocycles. The molecule has 1 saturated carbocycles. The van der Waals surface area contributed by atoms with E-state index in [9.17, 15) is 20.1 Å². The number of Topliss-reactive ketones (excluding diaryl/α,β-unsaturated/α-hetero) is 1. The quantitative estimate of drug-likeness (QED) is 0.246. The minimum absolute atomic E-state index is 0.114. The maximum Gasteiger partial charge on any atom is 0.174 e. The Labute approximate surface area is 326 Å². The minimum Gasteiger partial charge on any atom is -0.496 e. The monoisotopic (exact) mass is 750 g/mol. The van der Waals surface area contributed by atoms with Crippen molar-refractivity contribution in [2.24, 2.45) is 16.7 Å². The number of benzene rings is 2. The van der Waals surface area contributed by atoms with Crippen molar-refractivity contribution < 1.29 is 24.9 Å². The van der Waals surface area contributed by atoms with E-state index in [1.165, 1.54) is 16.6 Å². The molecular weight excluding hydrogens is 689 g/mol. The van der Waals surface area contributed by atoms with Crippen molar-refractivity contribution >= 4 is 22.4 Å². The third kappa shape index (κ3) is 4.80. The van der Waals surface area contributed by atoms with Crippen molar-refractivity contribution in [3.05, 3.63) is 70.9 Å². The van der Waals surface area contributed by atoms with Gasteiger partial charge in [-0.2, -0.15) is 0 Å². The smallest absolute Gasteiger partial charge is 0.174 e. The standard InChI is InChI=1S/C46H62N4O5/c1-9-43(53)25-28-24-42(6,36-30(16-20-49(26-28)27-43)29-14-11-12-15-33(29)47-36)32-22-31-34(23-35(32)55-8)48(7)38-45(31)18-21-50-19-13-17-44(10-2,37(45)50)40(52)46(38,54)39(51)41(3,4)5/h11-15,17,22-23,28,37-38,40,47,52-54H,9-10,16,18-21,24-27H2,1-8H3/t28?,37-,38+,40+,42+,43?,44+,45+,46+/m1/s1. The van der Waals surface area contributed by atoms with E-state index < -0.39 is 45.0 Å². The van der Waals surface area contributed by atoms with Crippen LogP contribution in [-0.4, -0.2) is 112 Å². The zero-order chi connectivity index (χ0) is 39.1. The lowest BCUT2D eigenvalue weighted by Gasteiger charge is -2.64. The summed E-state index contributed by atoms with van der Waals surface area (Å²) in [6.45, 7) is 16.3. The average Bonchev–Trinajstić information content (AvgIpc) is 3.82. The van der Waals surface area contributed by atoms with Crippen molar-refractivity contribution in [1.82, 2.24) is 14.8 Å². The number of aromatic nitrogens is 1. The second-order valence-corrected chi connectivity index (χ2v) is 19.6. The van der Waals surface area contributed by atoms with E-state index >= 15 is 0 Å². The number of carbonyl (C=O) groups is 1. The highest BCUT2D eigenvalue weighted by atomic mass is 16.5. The van der Waals surface area contributed by atoms with Gasteiger partial charge in [-0.3, -0.25) is 14.6 Å². The lowest BCUT2D eigenvalue weighted by atomic mass is 9.46. The van der Waals surface area contributed by atoms with E-state index in [4.69, 9.17) is 4.74 Å². The van der Waals surface area contributed by atoms with Gasteiger partial charge < -0.3 is 29.9 Å². The average molecular weight is 751 g/mol. The largest absolute Gasteiger partial charge is 0.496 e. The van der Waals surface area contributed by atoms with Crippen molar-refractivity contribution in [2.45, 2.75) is 120 Å². The highest BCUT2D eigenvalue weighted by Gasteiger charge is 2.79. The summed E-state index contributed by atoms with van der Waals surface area (Å²) in [5, 5.41) is 39.2.